The van der Waals surface area contributed by atoms with Gasteiger partial charge in [0, 0.05) is 21.2 Å². The summed E-state index contributed by atoms with van der Waals surface area (Å²) in [5, 5.41) is 7.08. The number of halogens is 2. The van der Waals surface area contributed by atoms with Crippen molar-refractivity contribution in [1.29, 1.82) is 0 Å². The highest BCUT2D eigenvalue weighted by Crippen LogP contribution is 2.19. The van der Waals surface area contributed by atoms with E-state index in [1.54, 1.807) is 0 Å². The highest BCUT2D eigenvalue weighted by molar-refractivity contribution is 6.35. The van der Waals surface area contributed by atoms with Crippen molar-refractivity contribution >= 4 is 35.0 Å². The second-order valence-corrected chi connectivity index (χ2v) is 10.4. The number of amides is 2. The van der Waals surface area contributed by atoms with Crippen molar-refractivity contribution in [2.45, 2.75) is 40.8 Å². The van der Waals surface area contributed by atoms with Crippen LogP contribution in [0.5, 0.6) is 0 Å². The zero-order valence-electron chi connectivity index (χ0n) is 22.2. The lowest BCUT2D eigenvalue weighted by Gasteiger charge is -2.37. The number of nitrogens with zero attached hydrogens (tertiary/aromatic N) is 2. The summed E-state index contributed by atoms with van der Waals surface area (Å²) in [4.78, 5) is 24.9. The zero-order valence-corrected chi connectivity index (χ0v) is 23.7. The average Bonchev–Trinajstić information content (AvgIpc) is 2.87. The summed E-state index contributed by atoms with van der Waals surface area (Å²) in [5.74, 6) is -1.16. The molecule has 6 nitrogen and oxygen atoms in total. The van der Waals surface area contributed by atoms with E-state index in [0.29, 0.717) is 13.1 Å². The van der Waals surface area contributed by atoms with Crippen molar-refractivity contribution in [2.75, 3.05) is 52.4 Å². The molecule has 2 aromatic carbocycles. The van der Waals surface area contributed by atoms with Gasteiger partial charge in [-0.05, 0) is 52.0 Å². The molecule has 0 fully saturated rings. The zero-order chi connectivity index (χ0) is 26.6. The summed E-state index contributed by atoms with van der Waals surface area (Å²) in [6, 6.07) is 15.8. The molecule has 0 aliphatic heterocycles. The van der Waals surface area contributed by atoms with E-state index in [1.807, 2.05) is 36.4 Å². The number of carbonyl (C=O) groups excluding carboxylic acids is 2. The fraction of sp³-hybridized carbons (Fsp3) is 0.500. The van der Waals surface area contributed by atoms with Gasteiger partial charge in [-0.1, -0.05) is 47.5 Å². The summed E-state index contributed by atoms with van der Waals surface area (Å²) in [5.41, 5.74) is 2.34. The molecule has 0 radical (unpaired) electrons. The molecule has 0 aliphatic carbocycles. The molecule has 2 rings (SSSR count). The maximum absolute atomic E-state index is 12.5. The first-order valence-electron chi connectivity index (χ1n) is 13.0. The van der Waals surface area contributed by atoms with Gasteiger partial charge in [0.15, 0.2) is 0 Å². The van der Waals surface area contributed by atoms with Crippen LogP contribution in [0.1, 0.15) is 38.8 Å². The number of nitrogens with one attached hydrogen (secondary N) is 2. The summed E-state index contributed by atoms with van der Waals surface area (Å²) < 4.78 is 1.61. The second kappa shape index (κ2) is 14.6. The Morgan fingerprint density at radius 3 is 1.33 bits per heavy atom. The minimum absolute atomic E-state index is 0.438. The Balaban J connectivity index is 1.85. The molecular formula is C28H42Cl2N4O2+2. The molecule has 0 aromatic heterocycles. The van der Waals surface area contributed by atoms with Crippen LogP contribution in [0.4, 0.5) is 0 Å². The van der Waals surface area contributed by atoms with E-state index in [2.05, 4.69) is 50.5 Å². The maximum atomic E-state index is 12.5. The summed E-state index contributed by atoms with van der Waals surface area (Å²) >= 11 is 12.3. The number of quaternary nitrogens is 2. The molecule has 2 amide bonds. The first-order chi connectivity index (χ1) is 17.2. The summed E-state index contributed by atoms with van der Waals surface area (Å²) in [6.07, 6.45) is 0. The van der Waals surface area contributed by atoms with Gasteiger partial charge in [-0.15, -0.1) is 0 Å². The lowest BCUT2D eigenvalue weighted by Crippen LogP contribution is -2.53. The number of likely N-dealkylation sites (N-methyl/N-ethyl adjacent to an activating group) is 2. The molecule has 2 N–H and O–H groups in total. The fourth-order valence-electron chi connectivity index (χ4n) is 4.70. The lowest BCUT2D eigenvalue weighted by molar-refractivity contribution is -0.936. The molecule has 0 aliphatic rings. The van der Waals surface area contributed by atoms with Crippen LogP contribution in [0.25, 0.3) is 0 Å². The van der Waals surface area contributed by atoms with Crippen LogP contribution < -0.4 is 10.6 Å². The van der Waals surface area contributed by atoms with Crippen LogP contribution in [0.3, 0.4) is 0 Å². The first-order valence-corrected chi connectivity index (χ1v) is 13.7. The van der Waals surface area contributed by atoms with Gasteiger partial charge in [0.2, 0.25) is 0 Å². The first kappa shape index (κ1) is 30.1. The van der Waals surface area contributed by atoms with Crippen molar-refractivity contribution in [2.24, 2.45) is 0 Å². The lowest BCUT2D eigenvalue weighted by atomic mass is 10.1. The molecule has 0 bridgehead atoms. The van der Waals surface area contributed by atoms with Crippen molar-refractivity contribution in [3.63, 3.8) is 0 Å². The average molecular weight is 538 g/mol. The van der Waals surface area contributed by atoms with E-state index in [4.69, 9.17) is 23.2 Å². The Morgan fingerprint density at radius 2 is 1.03 bits per heavy atom. The molecule has 8 heteroatoms. The van der Waals surface area contributed by atoms with Crippen molar-refractivity contribution < 1.29 is 18.6 Å². The molecule has 0 saturated heterocycles. The van der Waals surface area contributed by atoms with Crippen molar-refractivity contribution in [3.05, 3.63) is 69.7 Å². The molecule has 0 unspecified atom stereocenters. The Kier molecular flexibility index (Phi) is 12.2. The third-order valence-corrected chi connectivity index (χ3v) is 7.92. The Hall–Kier alpha value is -2.12. The summed E-state index contributed by atoms with van der Waals surface area (Å²) in [6.45, 7) is 16.3. The molecule has 0 saturated carbocycles. The van der Waals surface area contributed by atoms with E-state index >= 15 is 0 Å². The number of carbonyl (C=O) groups is 2. The number of benzene rings is 2. The largest absolute Gasteiger partial charge is 0.342 e. The van der Waals surface area contributed by atoms with Gasteiger partial charge in [0.05, 0.1) is 52.4 Å². The molecular weight excluding hydrogens is 495 g/mol. The third kappa shape index (κ3) is 9.07. The van der Waals surface area contributed by atoms with Crippen molar-refractivity contribution in [1.82, 2.24) is 10.6 Å². The van der Waals surface area contributed by atoms with Crippen molar-refractivity contribution in [3.8, 4) is 0 Å². The molecule has 0 spiro atoms. The Morgan fingerprint density at radius 1 is 0.667 bits per heavy atom. The predicted octanol–water partition coefficient (Wildman–Crippen LogP) is 4.64. The number of hydrogen-bond donors (Lipinski definition) is 2. The topological polar surface area (TPSA) is 58.2 Å². The molecule has 0 heterocycles. The van der Waals surface area contributed by atoms with Gasteiger partial charge in [-0.2, -0.15) is 0 Å². The van der Waals surface area contributed by atoms with Gasteiger partial charge in [0.25, 0.3) is 0 Å². The van der Waals surface area contributed by atoms with Gasteiger partial charge in [0.1, 0.15) is 13.1 Å². The minimum atomic E-state index is -0.580. The van der Waals surface area contributed by atoms with Crippen LogP contribution in [-0.4, -0.2) is 73.1 Å². The monoisotopic (exact) mass is 536 g/mol. The standard InChI is InChI=1S/C28H40Cl2N4O2/c1-5-33(6-2,21-23-11-9-13-25(29)19-23)17-15-31-27(35)28(36)32-16-18-34(7-3,8-4)22-24-12-10-14-26(30)20-24/h9-14,19-20H,5-8,15-18,21-22H2,1-4H3/p+2. The van der Waals surface area contributed by atoms with E-state index in [9.17, 15) is 9.59 Å². The van der Waals surface area contributed by atoms with Crippen LogP contribution in [0.2, 0.25) is 10.0 Å². The maximum Gasteiger partial charge on any atom is 0.309 e. The minimum Gasteiger partial charge on any atom is -0.342 e. The SMILES string of the molecule is CC[N+](CC)(CCNC(=O)C(=O)NCC[N+](CC)(CC)Cc1cccc(Cl)c1)Cc1cccc(Cl)c1. The molecule has 198 valence electrons. The van der Waals surface area contributed by atoms with Crippen LogP contribution in [0.15, 0.2) is 48.5 Å². The van der Waals surface area contributed by atoms with E-state index < -0.39 is 11.8 Å². The number of hydrogen-bond acceptors (Lipinski definition) is 2. The quantitative estimate of drug-likeness (QED) is 0.273. The normalized spacial score (nSPS) is 11.8. The van der Waals surface area contributed by atoms with E-state index in [1.165, 1.54) is 11.1 Å². The van der Waals surface area contributed by atoms with Crippen LogP contribution in [-0.2, 0) is 22.7 Å². The Labute approximate surface area is 226 Å². The van der Waals surface area contributed by atoms with Crippen LogP contribution in [0, 0.1) is 0 Å². The smallest absolute Gasteiger partial charge is 0.309 e. The highest BCUT2D eigenvalue weighted by Gasteiger charge is 2.26. The fourth-order valence-corrected chi connectivity index (χ4v) is 5.13. The van der Waals surface area contributed by atoms with Gasteiger partial charge >= 0.3 is 11.8 Å². The second-order valence-electron chi connectivity index (χ2n) is 9.48. The van der Waals surface area contributed by atoms with E-state index in [-0.39, 0.29) is 0 Å². The van der Waals surface area contributed by atoms with Gasteiger partial charge in [-0.3, -0.25) is 9.59 Å². The Bertz CT molecular complexity index is 912. The molecule has 36 heavy (non-hydrogen) atoms. The predicted molar refractivity (Wildman–Crippen MR) is 149 cm³/mol. The number of rotatable bonds is 14. The highest BCUT2D eigenvalue weighted by atomic mass is 35.5. The van der Waals surface area contributed by atoms with Gasteiger partial charge in [-0.25, -0.2) is 0 Å². The molecule has 2 aromatic rings. The third-order valence-electron chi connectivity index (χ3n) is 7.45. The molecule has 0 atom stereocenters. The summed E-state index contributed by atoms with van der Waals surface area (Å²) in [7, 11) is 0. The van der Waals surface area contributed by atoms with Crippen LogP contribution >= 0.6 is 23.2 Å². The van der Waals surface area contributed by atoms with Gasteiger partial charge < -0.3 is 19.6 Å². The van der Waals surface area contributed by atoms with E-state index in [0.717, 1.165) is 71.4 Å².